The summed E-state index contributed by atoms with van der Waals surface area (Å²) in [6, 6.07) is 21.6. The van der Waals surface area contributed by atoms with Crippen molar-refractivity contribution in [3.63, 3.8) is 0 Å². The molecule has 8 heteroatoms. The number of nitrogen functional groups attached to an aromatic ring is 1. The summed E-state index contributed by atoms with van der Waals surface area (Å²) >= 11 is 0. The van der Waals surface area contributed by atoms with Crippen LogP contribution in [0.3, 0.4) is 0 Å². The number of hydrogen-bond acceptors (Lipinski definition) is 5. The maximum absolute atomic E-state index is 12.7. The van der Waals surface area contributed by atoms with Gasteiger partial charge in [-0.3, -0.25) is 4.40 Å². The molecule has 39 heavy (non-hydrogen) atoms. The zero-order valence-electron chi connectivity index (χ0n) is 21.8. The highest BCUT2D eigenvalue weighted by molar-refractivity contribution is 6.09. The molecule has 1 atom stereocenters. The molecule has 2 aromatic heterocycles. The average molecular weight is 518 g/mol. The fourth-order valence-electron chi connectivity index (χ4n) is 5.37. The van der Waals surface area contributed by atoms with Gasteiger partial charge in [-0.05, 0) is 48.8 Å². The molecule has 1 aliphatic rings. The van der Waals surface area contributed by atoms with Gasteiger partial charge < -0.3 is 22.1 Å². The minimum atomic E-state index is -0.265. The second kappa shape index (κ2) is 10.2. The number of benzene rings is 3. The summed E-state index contributed by atoms with van der Waals surface area (Å²) in [6.45, 7) is 2.43. The Bertz CT molecular complexity index is 1720. The van der Waals surface area contributed by atoms with Crippen molar-refractivity contribution in [1.29, 1.82) is 0 Å². The molecule has 0 fully saturated rings. The molecule has 1 unspecified atom stereocenters. The van der Waals surface area contributed by atoms with E-state index in [4.69, 9.17) is 16.5 Å². The molecule has 0 aliphatic heterocycles. The van der Waals surface area contributed by atoms with Crippen molar-refractivity contribution in [3.8, 4) is 11.3 Å². The molecule has 0 saturated carbocycles. The molecule has 3 aromatic carbocycles. The number of urea groups is 1. The molecular formula is C31H31N7O. The van der Waals surface area contributed by atoms with Gasteiger partial charge in [-0.15, -0.1) is 0 Å². The molecule has 0 spiro atoms. The number of nitrogens with one attached hydrogen (secondary N) is 2. The van der Waals surface area contributed by atoms with Crippen molar-refractivity contribution >= 4 is 39.4 Å². The highest BCUT2D eigenvalue weighted by atomic mass is 16.2. The summed E-state index contributed by atoms with van der Waals surface area (Å²) in [5.74, 6) is 1.26. The van der Waals surface area contributed by atoms with Gasteiger partial charge in [-0.1, -0.05) is 66.7 Å². The van der Waals surface area contributed by atoms with Gasteiger partial charge in [0.05, 0.1) is 17.6 Å². The smallest absolute Gasteiger partial charge is 0.319 e. The molecule has 5 aromatic rings. The van der Waals surface area contributed by atoms with E-state index in [0.29, 0.717) is 12.4 Å². The third kappa shape index (κ3) is 4.70. The lowest BCUT2D eigenvalue weighted by molar-refractivity contribution is 0.252. The summed E-state index contributed by atoms with van der Waals surface area (Å²) in [5, 5.41) is 7.82. The lowest BCUT2D eigenvalue weighted by atomic mass is 9.94. The first-order valence-corrected chi connectivity index (χ1v) is 13.2. The largest absolute Gasteiger partial charge is 0.382 e. The van der Waals surface area contributed by atoms with Crippen LogP contribution in [0.1, 0.15) is 36.3 Å². The Hall–Kier alpha value is -4.69. The Labute approximate surface area is 226 Å². The molecule has 0 bridgehead atoms. The van der Waals surface area contributed by atoms with Crippen LogP contribution in [0.25, 0.3) is 33.1 Å². The topological polar surface area (TPSA) is 123 Å². The third-order valence-electron chi connectivity index (χ3n) is 7.36. The van der Waals surface area contributed by atoms with Crippen molar-refractivity contribution in [1.82, 2.24) is 19.7 Å². The van der Waals surface area contributed by atoms with E-state index in [1.807, 2.05) is 79.9 Å². The van der Waals surface area contributed by atoms with Crippen molar-refractivity contribution in [2.24, 2.45) is 5.73 Å². The first-order valence-electron chi connectivity index (χ1n) is 13.2. The number of fused-ring (bicyclic) bond motifs is 2. The molecule has 0 saturated heterocycles. The number of imidazole rings is 1. The molecule has 6 N–H and O–H groups in total. The predicted molar refractivity (Wildman–Crippen MR) is 157 cm³/mol. The van der Waals surface area contributed by atoms with E-state index < -0.39 is 0 Å². The molecule has 0 radical (unpaired) electrons. The Morgan fingerprint density at radius 2 is 1.82 bits per heavy atom. The normalized spacial score (nSPS) is 15.3. The second-order valence-electron chi connectivity index (χ2n) is 9.98. The molecule has 2 amide bonds. The van der Waals surface area contributed by atoms with Crippen molar-refractivity contribution in [2.45, 2.75) is 38.8 Å². The minimum absolute atomic E-state index is 0.198. The van der Waals surface area contributed by atoms with Gasteiger partial charge in [0.25, 0.3) is 0 Å². The van der Waals surface area contributed by atoms with Gasteiger partial charge in [0.15, 0.2) is 0 Å². The summed E-state index contributed by atoms with van der Waals surface area (Å²) in [4.78, 5) is 22.3. The first-order chi connectivity index (χ1) is 19.0. The molecule has 1 aliphatic carbocycles. The molecule has 6 rings (SSSR count). The molecule has 2 heterocycles. The molecule has 196 valence electrons. The van der Waals surface area contributed by atoms with E-state index in [1.54, 1.807) is 0 Å². The van der Waals surface area contributed by atoms with Crippen LogP contribution in [-0.4, -0.2) is 26.4 Å². The van der Waals surface area contributed by atoms with Crippen LogP contribution in [-0.2, 0) is 6.54 Å². The first kappa shape index (κ1) is 24.6. The quantitative estimate of drug-likeness (QED) is 0.240. The van der Waals surface area contributed by atoms with Gasteiger partial charge in [-0.25, -0.2) is 14.8 Å². The second-order valence-corrected chi connectivity index (χ2v) is 9.98. The number of nitrogens with zero attached hydrogens (tertiary/aromatic N) is 3. The molecule has 8 nitrogen and oxygen atoms in total. The fraction of sp³-hybridized carbons (Fsp3) is 0.194. The number of aryl methyl sites for hydroxylation is 1. The highest BCUT2D eigenvalue weighted by Crippen LogP contribution is 2.38. The van der Waals surface area contributed by atoms with Crippen LogP contribution in [0, 0.1) is 6.92 Å². The number of hydrogen-bond donors (Lipinski definition) is 4. The summed E-state index contributed by atoms with van der Waals surface area (Å²) in [7, 11) is 0. The van der Waals surface area contributed by atoms with Gasteiger partial charge in [0, 0.05) is 23.5 Å². The minimum Gasteiger partial charge on any atom is -0.382 e. The number of carbonyl (C=O) groups excluding carboxylic acids is 1. The number of nitrogens with two attached hydrogens (primary N) is 2. The van der Waals surface area contributed by atoms with Crippen molar-refractivity contribution < 1.29 is 4.79 Å². The monoisotopic (exact) mass is 517 g/mol. The van der Waals surface area contributed by atoms with Crippen LogP contribution in [0.2, 0.25) is 0 Å². The van der Waals surface area contributed by atoms with Gasteiger partial charge in [0.2, 0.25) is 0 Å². The van der Waals surface area contributed by atoms with Gasteiger partial charge in [0.1, 0.15) is 22.9 Å². The number of rotatable bonds is 5. The van der Waals surface area contributed by atoms with E-state index in [0.717, 1.165) is 69.6 Å². The summed E-state index contributed by atoms with van der Waals surface area (Å²) in [6.07, 6.45) is 6.72. The lowest BCUT2D eigenvalue weighted by Crippen LogP contribution is -2.28. The summed E-state index contributed by atoms with van der Waals surface area (Å²) < 4.78 is 2.11. The Kier molecular flexibility index (Phi) is 6.46. The third-order valence-corrected chi connectivity index (χ3v) is 7.36. The maximum atomic E-state index is 12.7. The number of aromatic nitrogens is 3. The lowest BCUT2D eigenvalue weighted by Gasteiger charge is -2.20. The SMILES string of the molecule is Cc1nc(-c2ccc(NC(=O)NCc3ccccc3)c3ccccc23)c2c(N)ncc(C3=CCC(N)CC3)n12. The standard InChI is InChI=1S/C31H31N7O/c1-19-36-28(29-30(33)34-18-27(38(19)29)21-11-13-22(32)14-12-21)25-15-16-26(24-10-6-5-9-23(24)25)37-31(39)35-17-20-7-3-2-4-8-20/h2-11,15-16,18,22H,12-14,17,32H2,1H3,(H2,33,34)(H2,35,37,39). The average Bonchev–Trinajstić information content (AvgIpc) is 3.31. The number of carbonyl (C=O) groups is 1. The summed E-state index contributed by atoms with van der Waals surface area (Å²) in [5.41, 5.74) is 19.1. The van der Waals surface area contributed by atoms with Gasteiger partial charge in [-0.2, -0.15) is 0 Å². The Morgan fingerprint density at radius 1 is 1.05 bits per heavy atom. The maximum Gasteiger partial charge on any atom is 0.319 e. The fourth-order valence-corrected chi connectivity index (χ4v) is 5.37. The highest BCUT2D eigenvalue weighted by Gasteiger charge is 2.22. The van der Waals surface area contributed by atoms with E-state index >= 15 is 0 Å². The van der Waals surface area contributed by atoms with Crippen LogP contribution in [0.15, 0.2) is 79.0 Å². The van der Waals surface area contributed by atoms with E-state index in [2.05, 4.69) is 26.1 Å². The van der Waals surface area contributed by atoms with Crippen molar-refractivity contribution in [2.75, 3.05) is 11.1 Å². The van der Waals surface area contributed by atoms with E-state index in [1.165, 1.54) is 5.57 Å². The molecular weight excluding hydrogens is 486 g/mol. The zero-order valence-corrected chi connectivity index (χ0v) is 21.8. The van der Waals surface area contributed by atoms with Gasteiger partial charge >= 0.3 is 6.03 Å². The Morgan fingerprint density at radius 3 is 2.59 bits per heavy atom. The van der Waals surface area contributed by atoms with E-state index in [9.17, 15) is 4.79 Å². The van der Waals surface area contributed by atoms with Crippen molar-refractivity contribution in [3.05, 3.63) is 96.1 Å². The Balaban J connectivity index is 1.39. The zero-order chi connectivity index (χ0) is 26.9. The predicted octanol–water partition coefficient (Wildman–Crippen LogP) is 5.66. The van der Waals surface area contributed by atoms with Crippen LogP contribution in [0.4, 0.5) is 16.3 Å². The van der Waals surface area contributed by atoms with Crippen LogP contribution < -0.4 is 22.1 Å². The number of amides is 2. The van der Waals surface area contributed by atoms with Crippen LogP contribution in [0.5, 0.6) is 0 Å². The van der Waals surface area contributed by atoms with E-state index in [-0.39, 0.29) is 12.1 Å². The van der Waals surface area contributed by atoms with Crippen LogP contribution >= 0.6 is 0 Å². The number of allylic oxidation sites excluding steroid dienone is 1. The number of anilines is 2.